The Kier molecular flexibility index (Phi) is 5.58. The second-order valence-corrected chi connectivity index (χ2v) is 10.9. The largest absolute Gasteiger partial charge is 0.381 e. The van der Waals surface area contributed by atoms with Crippen LogP contribution in [-0.4, -0.2) is 36.2 Å². The van der Waals surface area contributed by atoms with Crippen molar-refractivity contribution in [1.29, 1.82) is 5.26 Å². The topological polar surface area (TPSA) is 97.9 Å². The van der Waals surface area contributed by atoms with Crippen molar-refractivity contribution < 1.29 is 13.2 Å². The predicted molar refractivity (Wildman–Crippen MR) is 116 cm³/mol. The summed E-state index contributed by atoms with van der Waals surface area (Å²) < 4.78 is 34.0. The highest BCUT2D eigenvalue weighted by molar-refractivity contribution is 7.91. The molecule has 0 N–H and O–H groups in total. The normalized spacial score (nSPS) is 15.8. The maximum Gasteiger partial charge on any atom is 0.223 e. The van der Waals surface area contributed by atoms with Crippen LogP contribution in [0.5, 0.6) is 0 Å². The molecular weight excluding hydrogens is 412 g/mol. The lowest BCUT2D eigenvalue weighted by atomic mass is 9.94. The zero-order chi connectivity index (χ0) is 22.2. The Hall–Kier alpha value is -2.76. The lowest BCUT2D eigenvalue weighted by molar-refractivity contribution is 0.0611. The highest BCUT2D eigenvalue weighted by Gasteiger charge is 2.27. The van der Waals surface area contributed by atoms with Crippen LogP contribution in [-0.2, 0) is 26.5 Å². The number of nitrogens with zero attached hydrogens (tertiary/aromatic N) is 4. The first-order valence-corrected chi connectivity index (χ1v) is 11.9. The van der Waals surface area contributed by atoms with E-state index in [1.54, 1.807) is 12.1 Å². The van der Waals surface area contributed by atoms with Crippen molar-refractivity contribution in [3.05, 3.63) is 47.9 Å². The number of aromatic nitrogens is 3. The van der Waals surface area contributed by atoms with Gasteiger partial charge in [-0.15, -0.1) is 0 Å². The van der Waals surface area contributed by atoms with Crippen molar-refractivity contribution in [1.82, 2.24) is 14.5 Å². The second kappa shape index (κ2) is 8.06. The van der Waals surface area contributed by atoms with E-state index >= 15 is 0 Å². The van der Waals surface area contributed by atoms with Crippen LogP contribution in [0, 0.1) is 17.2 Å². The van der Waals surface area contributed by atoms with Gasteiger partial charge < -0.3 is 9.30 Å². The van der Waals surface area contributed by atoms with E-state index in [-0.39, 0.29) is 21.0 Å². The van der Waals surface area contributed by atoms with E-state index in [0.717, 1.165) is 43.9 Å². The molecular formula is C23H26N4O3S. The lowest BCUT2D eigenvalue weighted by Crippen LogP contribution is -2.25. The molecule has 0 amide bonds. The van der Waals surface area contributed by atoms with Gasteiger partial charge >= 0.3 is 0 Å². The summed E-state index contributed by atoms with van der Waals surface area (Å²) in [6.07, 6.45) is 2.02. The molecule has 162 valence electrons. The summed E-state index contributed by atoms with van der Waals surface area (Å²) in [5.41, 5.74) is 1.45. The molecule has 1 aliphatic heterocycles. The molecule has 0 radical (unpaired) electrons. The Bertz CT molecular complexity index is 1260. The van der Waals surface area contributed by atoms with Crippen molar-refractivity contribution in [2.45, 2.75) is 55.5 Å². The van der Waals surface area contributed by atoms with Crippen molar-refractivity contribution in [2.75, 3.05) is 13.2 Å². The second-order valence-electron chi connectivity index (χ2n) is 8.98. The maximum atomic E-state index is 13.1. The SMILES string of the molecule is CC(C)(C)c1nc2cc(S(=O)(=O)c3cccc(C#N)n3)ccc2n1CC1CCOCC1. The molecule has 1 fully saturated rings. The highest BCUT2D eigenvalue weighted by atomic mass is 32.2. The fraction of sp³-hybridized carbons (Fsp3) is 0.435. The molecule has 3 aromatic rings. The molecule has 1 aromatic carbocycles. The molecule has 0 bridgehead atoms. The predicted octanol–water partition coefficient (Wildman–Crippen LogP) is 3.86. The molecule has 1 saturated heterocycles. The van der Waals surface area contributed by atoms with Crippen molar-refractivity contribution in [3.8, 4) is 6.07 Å². The summed E-state index contributed by atoms with van der Waals surface area (Å²) in [5.74, 6) is 1.45. The van der Waals surface area contributed by atoms with E-state index in [1.165, 1.54) is 18.2 Å². The van der Waals surface area contributed by atoms with E-state index in [4.69, 9.17) is 15.0 Å². The summed E-state index contributed by atoms with van der Waals surface area (Å²) in [6.45, 7) is 8.74. The first kappa shape index (κ1) is 21.5. The van der Waals surface area contributed by atoms with Gasteiger partial charge in [0.05, 0.1) is 15.9 Å². The van der Waals surface area contributed by atoms with Crippen LogP contribution in [0.4, 0.5) is 0 Å². The smallest absolute Gasteiger partial charge is 0.223 e. The van der Waals surface area contributed by atoms with Gasteiger partial charge in [0.1, 0.15) is 17.6 Å². The van der Waals surface area contributed by atoms with Gasteiger partial charge in [-0.05, 0) is 49.1 Å². The number of ether oxygens (including phenoxy) is 1. The van der Waals surface area contributed by atoms with Crippen LogP contribution >= 0.6 is 0 Å². The average Bonchev–Trinajstić information content (AvgIpc) is 3.12. The monoisotopic (exact) mass is 438 g/mol. The van der Waals surface area contributed by atoms with E-state index in [0.29, 0.717) is 11.4 Å². The van der Waals surface area contributed by atoms with Crippen LogP contribution in [0.15, 0.2) is 46.3 Å². The first-order chi connectivity index (χ1) is 14.7. The maximum absolute atomic E-state index is 13.1. The van der Waals surface area contributed by atoms with Gasteiger partial charge in [0.25, 0.3) is 0 Å². The third-order valence-corrected chi connectivity index (χ3v) is 7.25. The van der Waals surface area contributed by atoms with Crippen LogP contribution in [0.3, 0.4) is 0 Å². The number of hydrogen-bond acceptors (Lipinski definition) is 6. The minimum Gasteiger partial charge on any atom is -0.381 e. The summed E-state index contributed by atoms with van der Waals surface area (Å²) >= 11 is 0. The van der Waals surface area contributed by atoms with Gasteiger partial charge in [0, 0.05) is 25.2 Å². The number of benzene rings is 1. The Morgan fingerprint density at radius 1 is 1.16 bits per heavy atom. The van der Waals surface area contributed by atoms with Gasteiger partial charge in [-0.3, -0.25) is 0 Å². The van der Waals surface area contributed by atoms with E-state index in [9.17, 15) is 8.42 Å². The molecule has 1 aliphatic rings. The third-order valence-electron chi connectivity index (χ3n) is 5.60. The number of nitriles is 1. The minimum atomic E-state index is -3.86. The van der Waals surface area contributed by atoms with E-state index in [2.05, 4.69) is 30.3 Å². The molecule has 7 nitrogen and oxygen atoms in total. The molecule has 4 rings (SSSR count). The molecule has 0 atom stereocenters. The molecule has 0 saturated carbocycles. The average molecular weight is 439 g/mol. The standard InChI is InChI=1S/C23H26N4O3S/c1-23(2,3)22-26-19-13-18(31(28,29)21-6-4-5-17(14-24)25-21)7-8-20(19)27(22)15-16-9-11-30-12-10-16/h4-8,13,16H,9-12,15H2,1-3H3. The summed E-state index contributed by atoms with van der Waals surface area (Å²) in [5, 5.41) is 8.92. The number of fused-ring (bicyclic) bond motifs is 1. The Balaban J connectivity index is 1.79. The van der Waals surface area contributed by atoms with Crippen LogP contribution < -0.4 is 0 Å². The number of rotatable bonds is 4. The first-order valence-electron chi connectivity index (χ1n) is 10.4. The molecule has 31 heavy (non-hydrogen) atoms. The van der Waals surface area contributed by atoms with Gasteiger partial charge in [0.15, 0.2) is 5.03 Å². The van der Waals surface area contributed by atoms with Crippen molar-refractivity contribution in [3.63, 3.8) is 0 Å². The van der Waals surface area contributed by atoms with Crippen LogP contribution in [0.2, 0.25) is 0 Å². The Morgan fingerprint density at radius 2 is 1.90 bits per heavy atom. The lowest BCUT2D eigenvalue weighted by Gasteiger charge is -2.26. The van der Waals surface area contributed by atoms with E-state index in [1.807, 2.05) is 12.1 Å². The quantitative estimate of drug-likeness (QED) is 0.613. The zero-order valence-corrected chi connectivity index (χ0v) is 18.8. The Labute approximate surface area is 182 Å². The third kappa shape index (κ3) is 4.21. The molecule has 0 spiro atoms. The van der Waals surface area contributed by atoms with Gasteiger partial charge in [-0.1, -0.05) is 26.8 Å². The molecule has 3 heterocycles. The number of sulfone groups is 1. The van der Waals surface area contributed by atoms with Gasteiger partial charge in [-0.2, -0.15) is 5.26 Å². The molecule has 2 aromatic heterocycles. The fourth-order valence-electron chi connectivity index (χ4n) is 3.97. The van der Waals surface area contributed by atoms with Crippen molar-refractivity contribution >= 4 is 20.9 Å². The van der Waals surface area contributed by atoms with Gasteiger partial charge in [0.2, 0.25) is 9.84 Å². The van der Waals surface area contributed by atoms with Gasteiger partial charge in [-0.25, -0.2) is 18.4 Å². The highest BCUT2D eigenvalue weighted by Crippen LogP contribution is 2.31. The molecule has 8 heteroatoms. The fourth-order valence-corrected chi connectivity index (χ4v) is 5.20. The molecule has 0 unspecified atom stereocenters. The summed E-state index contributed by atoms with van der Waals surface area (Å²) in [7, 11) is -3.86. The van der Waals surface area contributed by atoms with Crippen molar-refractivity contribution in [2.24, 2.45) is 5.92 Å². The minimum absolute atomic E-state index is 0.0675. The molecule has 0 aliphatic carbocycles. The number of hydrogen-bond donors (Lipinski definition) is 0. The zero-order valence-electron chi connectivity index (χ0n) is 18.0. The summed E-state index contributed by atoms with van der Waals surface area (Å²) in [6, 6.07) is 11.3. The Morgan fingerprint density at radius 3 is 2.58 bits per heavy atom. The number of pyridine rings is 1. The van der Waals surface area contributed by atoms with E-state index < -0.39 is 9.84 Å². The number of imidazole rings is 1. The van der Waals surface area contributed by atoms with Crippen LogP contribution in [0.25, 0.3) is 11.0 Å². The van der Waals surface area contributed by atoms with Crippen LogP contribution in [0.1, 0.15) is 45.1 Å². The summed E-state index contributed by atoms with van der Waals surface area (Å²) in [4.78, 5) is 8.94.